The first-order valence-corrected chi connectivity index (χ1v) is 9.47. The van der Waals surface area contributed by atoms with Gasteiger partial charge in [0.05, 0.1) is 23.0 Å². The minimum absolute atomic E-state index is 0.00378. The van der Waals surface area contributed by atoms with E-state index >= 15 is 0 Å². The first-order valence-electron chi connectivity index (χ1n) is 9.47. The molecular weight excluding hydrogens is 444 g/mol. The number of alkyl halides is 6. The molecule has 2 aromatic heterocycles. The van der Waals surface area contributed by atoms with Crippen LogP contribution in [0.25, 0.3) is 11.5 Å². The molecule has 0 spiro atoms. The number of hydrogen-bond donors (Lipinski definition) is 0. The number of nitrogens with zero attached hydrogens (tertiary/aromatic N) is 3. The van der Waals surface area contributed by atoms with Crippen molar-refractivity contribution in [1.82, 2.24) is 15.1 Å². The Morgan fingerprint density at radius 2 is 1.59 bits per heavy atom. The lowest BCUT2D eigenvalue weighted by Gasteiger charge is -2.30. The molecule has 3 heterocycles. The monoisotopic (exact) mass is 459 g/mol. The Bertz CT molecular complexity index is 1060. The van der Waals surface area contributed by atoms with Gasteiger partial charge in [-0.25, -0.2) is 0 Å². The van der Waals surface area contributed by atoms with E-state index in [1.54, 1.807) is 6.07 Å². The minimum Gasteiger partial charge on any atom is -0.472 e. The number of rotatable bonds is 3. The number of piperidine rings is 1. The second kappa shape index (κ2) is 7.99. The highest BCUT2D eigenvalue weighted by molar-refractivity contribution is 5.94. The smallest absolute Gasteiger partial charge is 0.416 e. The number of furan rings is 1. The van der Waals surface area contributed by atoms with Crippen LogP contribution in [-0.4, -0.2) is 34.1 Å². The summed E-state index contributed by atoms with van der Waals surface area (Å²) in [6, 6.07) is 2.52. The third-order valence-corrected chi connectivity index (χ3v) is 5.17. The van der Waals surface area contributed by atoms with E-state index in [-0.39, 0.29) is 31.0 Å². The van der Waals surface area contributed by atoms with Crippen LogP contribution in [0.1, 0.15) is 46.1 Å². The summed E-state index contributed by atoms with van der Waals surface area (Å²) in [6.07, 6.45) is -6.43. The Balaban J connectivity index is 1.49. The summed E-state index contributed by atoms with van der Waals surface area (Å²) in [5, 5.41) is 7.92. The Kier molecular flexibility index (Phi) is 5.47. The second-order valence-corrected chi connectivity index (χ2v) is 7.32. The molecule has 4 rings (SSSR count). The minimum atomic E-state index is -5.02. The standard InChI is InChI=1S/C20H15F6N3O3/c21-19(22,23)14-7-13(8-15(9-14)20(24,25)26)18(30)29-4-1-11(2-5-29)16-27-28-17(32-16)12-3-6-31-10-12/h3,6-11H,1-2,4-5H2. The number of carbonyl (C=O) groups excluding carboxylic acids is 1. The summed E-state index contributed by atoms with van der Waals surface area (Å²) < 4.78 is 88.9. The van der Waals surface area contributed by atoms with Gasteiger partial charge in [-0.15, -0.1) is 10.2 Å². The first-order chi connectivity index (χ1) is 15.0. The third kappa shape index (κ3) is 4.48. The molecule has 32 heavy (non-hydrogen) atoms. The number of benzene rings is 1. The van der Waals surface area contributed by atoms with Crippen LogP contribution in [0.4, 0.5) is 26.3 Å². The molecule has 3 aromatic rings. The molecule has 6 nitrogen and oxygen atoms in total. The van der Waals surface area contributed by atoms with Crippen molar-refractivity contribution < 1.29 is 40.0 Å². The van der Waals surface area contributed by atoms with Crippen LogP contribution in [0.5, 0.6) is 0 Å². The van der Waals surface area contributed by atoms with Crippen LogP contribution < -0.4 is 0 Å². The largest absolute Gasteiger partial charge is 0.472 e. The number of aromatic nitrogens is 2. The first kappa shape index (κ1) is 21.9. The van der Waals surface area contributed by atoms with Crippen LogP contribution >= 0.6 is 0 Å². The van der Waals surface area contributed by atoms with E-state index in [9.17, 15) is 31.1 Å². The zero-order chi connectivity index (χ0) is 23.1. The molecule has 0 N–H and O–H groups in total. The van der Waals surface area contributed by atoms with Crippen LogP contribution in [0.2, 0.25) is 0 Å². The summed E-state index contributed by atoms with van der Waals surface area (Å²) >= 11 is 0. The Labute approximate surface area is 176 Å². The predicted molar refractivity (Wildman–Crippen MR) is 96.3 cm³/mol. The molecule has 1 aromatic carbocycles. The predicted octanol–water partition coefficient (Wildman–Crippen LogP) is 5.39. The van der Waals surface area contributed by atoms with Gasteiger partial charge in [0.1, 0.15) is 6.26 Å². The average Bonchev–Trinajstić information content (AvgIpc) is 3.43. The SMILES string of the molecule is O=C(c1cc(C(F)(F)F)cc(C(F)(F)F)c1)N1CCC(c2nnc(-c3ccoc3)o2)CC1. The Hall–Kier alpha value is -3.31. The number of amides is 1. The van der Waals surface area contributed by atoms with Crippen molar-refractivity contribution in [3.63, 3.8) is 0 Å². The second-order valence-electron chi connectivity index (χ2n) is 7.32. The van der Waals surface area contributed by atoms with Gasteiger partial charge < -0.3 is 13.7 Å². The van der Waals surface area contributed by atoms with Crippen LogP contribution in [0, 0.1) is 0 Å². The lowest BCUT2D eigenvalue weighted by molar-refractivity contribution is -0.143. The van der Waals surface area contributed by atoms with Crippen LogP contribution in [0.15, 0.2) is 45.6 Å². The maximum absolute atomic E-state index is 13.1. The lowest BCUT2D eigenvalue weighted by atomic mass is 9.96. The summed E-state index contributed by atoms with van der Waals surface area (Å²) in [5.74, 6) is -0.494. The van der Waals surface area contributed by atoms with Gasteiger partial charge >= 0.3 is 12.4 Å². The van der Waals surface area contributed by atoms with Crippen molar-refractivity contribution in [3.8, 4) is 11.5 Å². The van der Waals surface area contributed by atoms with Crippen molar-refractivity contribution >= 4 is 5.91 Å². The third-order valence-electron chi connectivity index (χ3n) is 5.17. The summed E-state index contributed by atoms with van der Waals surface area (Å²) in [5.41, 5.74) is -3.11. The molecule has 1 aliphatic rings. The van der Waals surface area contributed by atoms with Crippen molar-refractivity contribution in [3.05, 3.63) is 59.4 Å². The van der Waals surface area contributed by atoms with E-state index in [0.717, 1.165) is 0 Å². The highest BCUT2D eigenvalue weighted by Crippen LogP contribution is 2.37. The van der Waals surface area contributed by atoms with Crippen molar-refractivity contribution in [2.24, 2.45) is 0 Å². The zero-order valence-electron chi connectivity index (χ0n) is 16.2. The van der Waals surface area contributed by atoms with E-state index in [1.165, 1.54) is 17.4 Å². The molecule has 0 radical (unpaired) electrons. The fourth-order valence-electron chi connectivity index (χ4n) is 3.49. The van der Waals surface area contributed by atoms with E-state index in [1.807, 2.05) is 0 Å². The van der Waals surface area contributed by atoms with Gasteiger partial charge in [0, 0.05) is 24.6 Å². The van der Waals surface area contributed by atoms with Gasteiger partial charge in [0.25, 0.3) is 11.8 Å². The summed E-state index contributed by atoms with van der Waals surface area (Å²) in [6.45, 7) is 0.231. The fraction of sp³-hybridized carbons (Fsp3) is 0.350. The molecule has 0 saturated carbocycles. The van der Waals surface area contributed by atoms with Crippen LogP contribution in [0.3, 0.4) is 0 Å². The normalized spacial score (nSPS) is 15.9. The quantitative estimate of drug-likeness (QED) is 0.492. The molecule has 0 unspecified atom stereocenters. The highest BCUT2D eigenvalue weighted by Gasteiger charge is 2.38. The van der Waals surface area contributed by atoms with E-state index in [4.69, 9.17) is 8.83 Å². The summed E-state index contributed by atoms with van der Waals surface area (Å²) in [4.78, 5) is 13.9. The van der Waals surface area contributed by atoms with Crippen molar-refractivity contribution in [2.75, 3.05) is 13.1 Å². The van der Waals surface area contributed by atoms with Gasteiger partial charge in [-0.1, -0.05) is 0 Å². The van der Waals surface area contributed by atoms with Crippen molar-refractivity contribution in [2.45, 2.75) is 31.1 Å². The Morgan fingerprint density at radius 1 is 0.969 bits per heavy atom. The van der Waals surface area contributed by atoms with Crippen molar-refractivity contribution in [1.29, 1.82) is 0 Å². The van der Waals surface area contributed by atoms with Gasteiger partial charge in [-0.2, -0.15) is 26.3 Å². The van der Waals surface area contributed by atoms with Gasteiger partial charge in [-0.3, -0.25) is 4.79 Å². The molecule has 1 amide bonds. The van der Waals surface area contributed by atoms with E-state index < -0.39 is 35.0 Å². The van der Waals surface area contributed by atoms with Gasteiger partial charge in [0.15, 0.2) is 0 Å². The topological polar surface area (TPSA) is 72.4 Å². The molecule has 170 valence electrons. The molecule has 12 heteroatoms. The van der Waals surface area contributed by atoms with E-state index in [0.29, 0.717) is 36.4 Å². The number of hydrogen-bond acceptors (Lipinski definition) is 5. The fourth-order valence-corrected chi connectivity index (χ4v) is 3.49. The number of halogens is 6. The maximum atomic E-state index is 13.1. The number of likely N-dealkylation sites (tertiary alicyclic amines) is 1. The molecule has 1 aliphatic heterocycles. The molecule has 1 fully saturated rings. The van der Waals surface area contributed by atoms with Crippen LogP contribution in [-0.2, 0) is 12.4 Å². The maximum Gasteiger partial charge on any atom is 0.416 e. The zero-order valence-corrected chi connectivity index (χ0v) is 16.2. The van der Waals surface area contributed by atoms with E-state index in [2.05, 4.69) is 10.2 Å². The summed E-state index contributed by atoms with van der Waals surface area (Å²) in [7, 11) is 0. The Morgan fingerprint density at radius 3 is 2.12 bits per heavy atom. The molecule has 1 saturated heterocycles. The van der Waals surface area contributed by atoms with Gasteiger partial charge in [-0.05, 0) is 37.1 Å². The molecular formula is C20H15F6N3O3. The lowest BCUT2D eigenvalue weighted by Crippen LogP contribution is -2.38. The molecule has 0 atom stereocenters. The molecule has 0 bridgehead atoms. The molecule has 0 aliphatic carbocycles. The number of carbonyl (C=O) groups is 1. The van der Waals surface area contributed by atoms with Gasteiger partial charge in [0.2, 0.25) is 5.89 Å². The average molecular weight is 459 g/mol. The highest BCUT2D eigenvalue weighted by atomic mass is 19.4.